The second kappa shape index (κ2) is 10.6. The summed E-state index contributed by atoms with van der Waals surface area (Å²) in [4.78, 5) is 0. The van der Waals surface area contributed by atoms with Gasteiger partial charge >= 0.3 is 6.11 Å². The second-order valence-corrected chi connectivity index (χ2v) is 10.3. The summed E-state index contributed by atoms with van der Waals surface area (Å²) in [6.45, 7) is 3.91. The average Bonchev–Trinajstić information content (AvgIpc) is 2.79. The van der Waals surface area contributed by atoms with Crippen LogP contribution in [0.15, 0.2) is 48.6 Å². The lowest BCUT2D eigenvalue weighted by molar-refractivity contribution is -0.277. The van der Waals surface area contributed by atoms with Gasteiger partial charge in [0, 0.05) is 0 Å². The van der Waals surface area contributed by atoms with Crippen molar-refractivity contribution in [3.63, 3.8) is 0 Å². The maximum atomic E-state index is 14.8. The fraction of sp³-hybridized carbons (Fsp3) is 0.517. The SMILES string of the molecule is Cc1cc(F)c(-c2ccc(C(F)(F)OC3CCC(/C=C/C4CCC(C)CC4)CC3)cc2)c(F)c1. The molecule has 0 saturated heterocycles. The van der Waals surface area contributed by atoms with E-state index < -0.39 is 23.8 Å². The molecular formula is C29H34F4O. The number of benzene rings is 2. The highest BCUT2D eigenvalue weighted by Crippen LogP contribution is 2.38. The molecule has 2 aliphatic rings. The molecule has 0 unspecified atom stereocenters. The third-order valence-corrected chi connectivity index (χ3v) is 7.45. The molecule has 0 N–H and O–H groups in total. The molecule has 1 nitrogen and oxygen atoms in total. The van der Waals surface area contributed by atoms with Crippen molar-refractivity contribution < 1.29 is 22.3 Å². The summed E-state index contributed by atoms with van der Waals surface area (Å²) in [5, 5.41) is 0. The van der Waals surface area contributed by atoms with Crippen LogP contribution in [0.25, 0.3) is 11.1 Å². The van der Waals surface area contributed by atoms with E-state index in [2.05, 4.69) is 19.1 Å². The Morgan fingerprint density at radius 3 is 1.82 bits per heavy atom. The van der Waals surface area contributed by atoms with Gasteiger partial charge in [-0.2, -0.15) is 8.78 Å². The average molecular weight is 475 g/mol. The Balaban J connectivity index is 1.32. The molecule has 2 aliphatic carbocycles. The van der Waals surface area contributed by atoms with Crippen molar-refractivity contribution in [2.75, 3.05) is 0 Å². The monoisotopic (exact) mass is 474 g/mol. The third kappa shape index (κ3) is 6.10. The first-order valence-corrected chi connectivity index (χ1v) is 12.5. The zero-order chi connectivity index (χ0) is 24.3. The molecule has 0 aromatic heterocycles. The lowest BCUT2D eigenvalue weighted by atomic mass is 9.81. The van der Waals surface area contributed by atoms with E-state index in [1.165, 1.54) is 62.1 Å². The molecule has 0 aliphatic heterocycles. The molecule has 0 radical (unpaired) electrons. The van der Waals surface area contributed by atoms with Gasteiger partial charge in [0.2, 0.25) is 0 Å². The highest BCUT2D eigenvalue weighted by atomic mass is 19.3. The van der Waals surface area contributed by atoms with E-state index in [1.54, 1.807) is 6.92 Å². The van der Waals surface area contributed by atoms with Crippen molar-refractivity contribution in [1.29, 1.82) is 0 Å². The minimum Gasteiger partial charge on any atom is -0.313 e. The normalized spacial score (nSPS) is 26.2. The first-order valence-electron chi connectivity index (χ1n) is 12.5. The van der Waals surface area contributed by atoms with Gasteiger partial charge in [0.15, 0.2) is 0 Å². The molecule has 2 aromatic rings. The highest BCUT2D eigenvalue weighted by molar-refractivity contribution is 5.65. The summed E-state index contributed by atoms with van der Waals surface area (Å²) in [5.74, 6) is 0.514. The Morgan fingerprint density at radius 2 is 1.29 bits per heavy atom. The van der Waals surface area contributed by atoms with E-state index in [4.69, 9.17) is 4.74 Å². The number of hydrogen-bond donors (Lipinski definition) is 0. The molecule has 0 heterocycles. The first-order chi connectivity index (χ1) is 16.2. The minimum atomic E-state index is -3.45. The van der Waals surface area contributed by atoms with Gasteiger partial charge in [0.25, 0.3) is 0 Å². The van der Waals surface area contributed by atoms with Crippen LogP contribution in [0.1, 0.15) is 69.4 Å². The van der Waals surface area contributed by atoms with Gasteiger partial charge in [0.1, 0.15) is 11.6 Å². The van der Waals surface area contributed by atoms with Crippen LogP contribution in [0.5, 0.6) is 0 Å². The predicted octanol–water partition coefficient (Wildman–Crippen LogP) is 8.95. The van der Waals surface area contributed by atoms with Crippen LogP contribution in [-0.2, 0) is 10.8 Å². The van der Waals surface area contributed by atoms with E-state index in [0.717, 1.165) is 18.8 Å². The molecule has 34 heavy (non-hydrogen) atoms. The predicted molar refractivity (Wildman–Crippen MR) is 128 cm³/mol. The van der Waals surface area contributed by atoms with Gasteiger partial charge in [-0.25, -0.2) is 8.78 Å². The first kappa shape index (κ1) is 25.0. The number of hydrogen-bond acceptors (Lipinski definition) is 1. The maximum absolute atomic E-state index is 14.8. The van der Waals surface area contributed by atoms with Crippen molar-refractivity contribution in [3.05, 3.63) is 71.3 Å². The number of allylic oxidation sites excluding steroid dienone is 2. The molecule has 5 heteroatoms. The molecule has 2 saturated carbocycles. The van der Waals surface area contributed by atoms with E-state index in [-0.39, 0.29) is 16.7 Å². The summed E-state index contributed by atoms with van der Waals surface area (Å²) >= 11 is 0. The minimum absolute atomic E-state index is 0.212. The Morgan fingerprint density at radius 1 is 0.794 bits per heavy atom. The van der Waals surface area contributed by atoms with Gasteiger partial charge in [-0.15, -0.1) is 0 Å². The molecule has 184 valence electrons. The molecule has 0 spiro atoms. The second-order valence-electron chi connectivity index (χ2n) is 10.3. The third-order valence-electron chi connectivity index (χ3n) is 7.45. The molecule has 2 aromatic carbocycles. The van der Waals surface area contributed by atoms with E-state index in [1.807, 2.05) is 0 Å². The number of aryl methyl sites for hydroxylation is 1. The van der Waals surface area contributed by atoms with Crippen molar-refractivity contribution in [3.8, 4) is 11.1 Å². The number of alkyl halides is 2. The fourth-order valence-electron chi connectivity index (χ4n) is 5.28. The summed E-state index contributed by atoms with van der Waals surface area (Å²) in [5.41, 5.74) is 0.159. The fourth-order valence-corrected chi connectivity index (χ4v) is 5.28. The van der Waals surface area contributed by atoms with E-state index >= 15 is 0 Å². The topological polar surface area (TPSA) is 9.23 Å². The zero-order valence-electron chi connectivity index (χ0n) is 20.0. The van der Waals surface area contributed by atoms with E-state index in [0.29, 0.717) is 30.2 Å². The van der Waals surface area contributed by atoms with Crippen molar-refractivity contribution in [2.45, 2.75) is 77.4 Å². The Labute approximate surface area is 200 Å². The van der Waals surface area contributed by atoms with Crippen molar-refractivity contribution >= 4 is 0 Å². The van der Waals surface area contributed by atoms with Crippen LogP contribution in [0.2, 0.25) is 0 Å². The Hall–Kier alpha value is -2.14. The summed E-state index contributed by atoms with van der Waals surface area (Å²) in [6.07, 6.45) is 8.71. The Bertz CT molecular complexity index is 959. The number of rotatable bonds is 6. The molecule has 0 amide bonds. The molecular weight excluding hydrogens is 440 g/mol. The van der Waals surface area contributed by atoms with Crippen LogP contribution in [-0.4, -0.2) is 6.10 Å². The summed E-state index contributed by atoms with van der Waals surface area (Å²) in [7, 11) is 0. The van der Waals surface area contributed by atoms with Gasteiger partial charge in [-0.05, 0) is 98.6 Å². The summed E-state index contributed by atoms with van der Waals surface area (Å²) < 4.78 is 63.3. The number of halogens is 4. The lowest BCUT2D eigenvalue weighted by Gasteiger charge is -2.30. The van der Waals surface area contributed by atoms with Crippen LogP contribution in [0.4, 0.5) is 17.6 Å². The molecule has 4 rings (SSSR count). The van der Waals surface area contributed by atoms with Crippen LogP contribution in [0.3, 0.4) is 0 Å². The van der Waals surface area contributed by atoms with Crippen LogP contribution in [0, 0.1) is 36.3 Å². The highest BCUT2D eigenvalue weighted by Gasteiger charge is 2.37. The van der Waals surface area contributed by atoms with Crippen molar-refractivity contribution in [1.82, 2.24) is 0 Å². The van der Waals surface area contributed by atoms with Gasteiger partial charge in [-0.3, -0.25) is 0 Å². The molecule has 0 atom stereocenters. The maximum Gasteiger partial charge on any atom is 0.383 e. The van der Waals surface area contributed by atoms with Gasteiger partial charge in [0.05, 0.1) is 17.2 Å². The smallest absolute Gasteiger partial charge is 0.313 e. The summed E-state index contributed by atoms with van der Waals surface area (Å²) in [6, 6.07) is 7.46. The van der Waals surface area contributed by atoms with Gasteiger partial charge < -0.3 is 4.74 Å². The Kier molecular flexibility index (Phi) is 7.81. The molecule has 0 bridgehead atoms. The van der Waals surface area contributed by atoms with E-state index in [9.17, 15) is 17.6 Å². The standard InChI is InChI=1S/C29H34F4O/c1-19-3-5-21(6-4-19)7-8-22-9-15-25(16-10-22)34-29(32,33)24-13-11-23(12-14-24)28-26(30)17-20(2)18-27(28)31/h7-8,11-14,17-19,21-22,25H,3-6,9-10,15-16H2,1-2H3/b8-7+. The van der Waals surface area contributed by atoms with Crippen LogP contribution < -0.4 is 0 Å². The molecule has 2 fully saturated rings. The lowest BCUT2D eigenvalue weighted by Crippen LogP contribution is -2.29. The zero-order valence-corrected chi connectivity index (χ0v) is 20.0. The largest absolute Gasteiger partial charge is 0.383 e. The number of ether oxygens (including phenoxy) is 1. The van der Waals surface area contributed by atoms with Crippen LogP contribution >= 0.6 is 0 Å². The van der Waals surface area contributed by atoms with Crippen molar-refractivity contribution in [2.24, 2.45) is 17.8 Å². The quantitative estimate of drug-likeness (QED) is 0.300. The van der Waals surface area contributed by atoms with Gasteiger partial charge in [-0.1, -0.05) is 44.1 Å².